The third-order valence-corrected chi connectivity index (χ3v) is 4.51. The summed E-state index contributed by atoms with van der Waals surface area (Å²) in [6.07, 6.45) is 6.01. The number of ether oxygens (including phenoxy) is 1. The Labute approximate surface area is 128 Å². The minimum absolute atomic E-state index is 0.347. The van der Waals surface area contributed by atoms with E-state index < -0.39 is 6.10 Å². The van der Waals surface area contributed by atoms with Crippen LogP contribution in [0.25, 0.3) is 0 Å². The molecule has 0 spiro atoms. The fraction of sp³-hybridized carbons (Fsp3) is 0.667. The molecule has 21 heavy (non-hydrogen) atoms. The Balaban J connectivity index is 1.69. The molecular weight excluding hydrogens is 262 g/mol. The number of rotatable bonds is 7. The van der Waals surface area contributed by atoms with Gasteiger partial charge in [-0.15, -0.1) is 0 Å². The largest absolute Gasteiger partial charge is 0.491 e. The number of aryl methyl sites for hydroxylation is 1. The maximum absolute atomic E-state index is 10.1. The standard InChI is InChI=1S/C18H29NO2/c1-3-15-6-4-5-7-18(15)19-12-16(20)13-21-17-10-8-14(2)9-11-17/h8-11,15-16,18-20H,3-7,12-13H2,1-2H3. The molecular formula is C18H29NO2. The quantitative estimate of drug-likeness (QED) is 0.810. The number of nitrogens with one attached hydrogen (secondary N) is 1. The van der Waals surface area contributed by atoms with Crippen LogP contribution in [0.4, 0.5) is 0 Å². The van der Waals surface area contributed by atoms with Crippen molar-refractivity contribution >= 4 is 0 Å². The third kappa shape index (κ3) is 5.33. The average molecular weight is 291 g/mol. The minimum Gasteiger partial charge on any atom is -0.491 e. The molecule has 0 saturated heterocycles. The summed E-state index contributed by atoms with van der Waals surface area (Å²) in [5, 5.41) is 13.6. The molecule has 2 rings (SSSR count). The van der Waals surface area contributed by atoms with Crippen molar-refractivity contribution in [2.75, 3.05) is 13.2 Å². The van der Waals surface area contributed by atoms with Gasteiger partial charge in [-0.25, -0.2) is 0 Å². The molecule has 1 fully saturated rings. The van der Waals surface area contributed by atoms with Crippen LogP contribution < -0.4 is 10.1 Å². The number of benzene rings is 1. The van der Waals surface area contributed by atoms with Crippen LogP contribution in [0, 0.1) is 12.8 Å². The van der Waals surface area contributed by atoms with Gasteiger partial charge in [-0.2, -0.15) is 0 Å². The Bertz CT molecular complexity index is 404. The third-order valence-electron chi connectivity index (χ3n) is 4.51. The van der Waals surface area contributed by atoms with Crippen LogP contribution >= 0.6 is 0 Å². The summed E-state index contributed by atoms with van der Waals surface area (Å²) >= 11 is 0. The normalized spacial score (nSPS) is 23.8. The topological polar surface area (TPSA) is 41.5 Å². The van der Waals surface area contributed by atoms with E-state index >= 15 is 0 Å². The van der Waals surface area contributed by atoms with Crippen LogP contribution in [-0.2, 0) is 0 Å². The molecule has 1 aliphatic carbocycles. The monoisotopic (exact) mass is 291 g/mol. The highest BCUT2D eigenvalue weighted by atomic mass is 16.5. The van der Waals surface area contributed by atoms with Crippen molar-refractivity contribution in [1.82, 2.24) is 5.32 Å². The van der Waals surface area contributed by atoms with E-state index in [9.17, 15) is 5.11 Å². The van der Waals surface area contributed by atoms with Gasteiger partial charge in [0.2, 0.25) is 0 Å². The molecule has 0 aromatic heterocycles. The molecule has 3 heteroatoms. The van der Waals surface area contributed by atoms with E-state index in [0.717, 1.165) is 11.7 Å². The molecule has 3 atom stereocenters. The van der Waals surface area contributed by atoms with Crippen LogP contribution in [0.15, 0.2) is 24.3 Å². The van der Waals surface area contributed by atoms with E-state index in [2.05, 4.69) is 19.2 Å². The van der Waals surface area contributed by atoms with E-state index in [1.807, 2.05) is 24.3 Å². The van der Waals surface area contributed by atoms with Crippen LogP contribution in [0.3, 0.4) is 0 Å². The molecule has 0 aliphatic heterocycles. The molecule has 118 valence electrons. The van der Waals surface area contributed by atoms with Crippen molar-refractivity contribution in [3.63, 3.8) is 0 Å². The summed E-state index contributed by atoms with van der Waals surface area (Å²) in [7, 11) is 0. The molecule has 1 saturated carbocycles. The van der Waals surface area contributed by atoms with E-state index in [-0.39, 0.29) is 0 Å². The van der Waals surface area contributed by atoms with Crippen molar-refractivity contribution in [2.45, 2.75) is 58.1 Å². The maximum Gasteiger partial charge on any atom is 0.119 e. The predicted molar refractivity (Wildman–Crippen MR) is 86.7 cm³/mol. The average Bonchev–Trinajstić information content (AvgIpc) is 2.52. The van der Waals surface area contributed by atoms with E-state index in [1.165, 1.54) is 37.7 Å². The number of hydrogen-bond acceptors (Lipinski definition) is 3. The Kier molecular flexibility index (Phi) is 6.52. The van der Waals surface area contributed by atoms with Crippen LogP contribution in [-0.4, -0.2) is 30.4 Å². The lowest BCUT2D eigenvalue weighted by molar-refractivity contribution is 0.0974. The van der Waals surface area contributed by atoms with E-state index in [1.54, 1.807) is 0 Å². The number of hydrogen-bond donors (Lipinski definition) is 2. The van der Waals surface area contributed by atoms with Crippen molar-refractivity contribution < 1.29 is 9.84 Å². The molecule has 0 bridgehead atoms. The Morgan fingerprint density at radius 2 is 1.95 bits per heavy atom. The molecule has 1 aromatic carbocycles. The first-order valence-electron chi connectivity index (χ1n) is 8.30. The second-order valence-corrected chi connectivity index (χ2v) is 6.25. The summed E-state index contributed by atoms with van der Waals surface area (Å²) in [4.78, 5) is 0. The van der Waals surface area contributed by atoms with Gasteiger partial charge in [0, 0.05) is 12.6 Å². The Hall–Kier alpha value is -1.06. The van der Waals surface area contributed by atoms with Gasteiger partial charge in [0.05, 0.1) is 0 Å². The highest BCUT2D eigenvalue weighted by molar-refractivity contribution is 5.26. The van der Waals surface area contributed by atoms with E-state index in [0.29, 0.717) is 19.2 Å². The van der Waals surface area contributed by atoms with Gasteiger partial charge in [-0.05, 0) is 37.8 Å². The van der Waals surface area contributed by atoms with Crippen LogP contribution in [0.1, 0.15) is 44.6 Å². The Morgan fingerprint density at radius 3 is 2.67 bits per heavy atom. The molecule has 2 N–H and O–H groups in total. The number of aliphatic hydroxyl groups is 1. The summed E-state index contributed by atoms with van der Waals surface area (Å²) in [5.41, 5.74) is 1.22. The highest BCUT2D eigenvalue weighted by Crippen LogP contribution is 2.26. The van der Waals surface area contributed by atoms with Crippen molar-refractivity contribution in [3.05, 3.63) is 29.8 Å². The molecule has 0 radical (unpaired) electrons. The Morgan fingerprint density at radius 1 is 1.24 bits per heavy atom. The van der Waals surface area contributed by atoms with Gasteiger partial charge in [-0.3, -0.25) is 0 Å². The van der Waals surface area contributed by atoms with Gasteiger partial charge >= 0.3 is 0 Å². The zero-order chi connectivity index (χ0) is 15.1. The zero-order valence-electron chi connectivity index (χ0n) is 13.3. The summed E-state index contributed by atoms with van der Waals surface area (Å²) in [6, 6.07) is 8.51. The molecule has 3 nitrogen and oxygen atoms in total. The lowest BCUT2D eigenvalue weighted by atomic mass is 9.83. The minimum atomic E-state index is -0.453. The van der Waals surface area contributed by atoms with Crippen molar-refractivity contribution in [1.29, 1.82) is 0 Å². The fourth-order valence-corrected chi connectivity index (χ4v) is 3.14. The lowest BCUT2D eigenvalue weighted by Crippen LogP contribution is -2.43. The van der Waals surface area contributed by atoms with Gasteiger partial charge in [-0.1, -0.05) is 43.9 Å². The van der Waals surface area contributed by atoms with Gasteiger partial charge in [0.25, 0.3) is 0 Å². The van der Waals surface area contributed by atoms with E-state index in [4.69, 9.17) is 4.74 Å². The molecule has 1 aliphatic rings. The summed E-state index contributed by atoms with van der Waals surface area (Å²) in [5.74, 6) is 1.59. The van der Waals surface area contributed by atoms with Crippen LogP contribution in [0.5, 0.6) is 5.75 Å². The van der Waals surface area contributed by atoms with Gasteiger partial charge in [0.15, 0.2) is 0 Å². The second-order valence-electron chi connectivity index (χ2n) is 6.25. The summed E-state index contributed by atoms with van der Waals surface area (Å²) < 4.78 is 5.63. The lowest BCUT2D eigenvalue weighted by Gasteiger charge is -2.32. The molecule has 3 unspecified atom stereocenters. The van der Waals surface area contributed by atoms with Gasteiger partial charge in [0.1, 0.15) is 18.5 Å². The predicted octanol–water partition coefficient (Wildman–Crippen LogP) is 3.29. The first-order chi connectivity index (χ1) is 10.2. The zero-order valence-corrected chi connectivity index (χ0v) is 13.3. The first-order valence-corrected chi connectivity index (χ1v) is 8.30. The smallest absolute Gasteiger partial charge is 0.119 e. The van der Waals surface area contributed by atoms with Crippen LogP contribution in [0.2, 0.25) is 0 Å². The highest BCUT2D eigenvalue weighted by Gasteiger charge is 2.23. The van der Waals surface area contributed by atoms with Gasteiger partial charge < -0.3 is 15.2 Å². The molecule has 0 amide bonds. The van der Waals surface area contributed by atoms with Crippen molar-refractivity contribution in [2.24, 2.45) is 5.92 Å². The summed E-state index contributed by atoms with van der Waals surface area (Å²) in [6.45, 7) is 5.28. The SMILES string of the molecule is CCC1CCCCC1NCC(O)COc1ccc(C)cc1. The first kappa shape index (κ1) is 16.3. The number of aliphatic hydroxyl groups excluding tert-OH is 1. The molecule has 1 aromatic rings. The fourth-order valence-electron chi connectivity index (χ4n) is 3.14. The second kappa shape index (κ2) is 8.40. The molecule has 0 heterocycles. The maximum atomic E-state index is 10.1. The van der Waals surface area contributed by atoms with Crippen molar-refractivity contribution in [3.8, 4) is 5.75 Å².